The van der Waals surface area contributed by atoms with Gasteiger partial charge in [0, 0.05) is 11.4 Å². The van der Waals surface area contributed by atoms with Gasteiger partial charge in [0.1, 0.15) is 10.7 Å². The summed E-state index contributed by atoms with van der Waals surface area (Å²) in [4.78, 5) is 31.7. The monoisotopic (exact) mass is 333 g/mol. The number of aromatic amines is 1. The predicted molar refractivity (Wildman–Crippen MR) is 87.8 cm³/mol. The van der Waals surface area contributed by atoms with E-state index >= 15 is 0 Å². The molecule has 0 spiro atoms. The highest BCUT2D eigenvalue weighted by Gasteiger charge is 2.17. The van der Waals surface area contributed by atoms with Gasteiger partial charge in [0.2, 0.25) is 0 Å². The maximum Gasteiger partial charge on any atom is 0.259 e. The molecule has 0 aliphatic rings. The van der Waals surface area contributed by atoms with Crippen molar-refractivity contribution in [3.8, 4) is 0 Å². The number of carbonyl (C=O) groups is 1. The lowest BCUT2D eigenvalue weighted by Crippen LogP contribution is -2.13. The van der Waals surface area contributed by atoms with E-state index in [1.165, 1.54) is 0 Å². The molecule has 3 aromatic rings. The van der Waals surface area contributed by atoms with Crippen LogP contribution >= 0.6 is 22.9 Å². The van der Waals surface area contributed by atoms with Gasteiger partial charge < -0.3 is 10.7 Å². The van der Waals surface area contributed by atoms with Gasteiger partial charge in [-0.25, -0.2) is 4.98 Å². The van der Waals surface area contributed by atoms with Crippen molar-refractivity contribution in [2.75, 3.05) is 0 Å². The van der Waals surface area contributed by atoms with Crippen LogP contribution in [0.15, 0.2) is 29.1 Å². The number of nitrogens with one attached hydrogen (secondary N) is 1. The van der Waals surface area contributed by atoms with E-state index in [9.17, 15) is 9.59 Å². The SMILES string of the molecule is Cc1c(C(N)=O)sc2nc(Cc3cccc(Cl)c3)[nH]c(=O)c12. The number of nitrogens with two attached hydrogens (primary N) is 1. The number of thiophene rings is 1. The zero-order valence-corrected chi connectivity index (χ0v) is 13.2. The Morgan fingerprint density at radius 1 is 1.45 bits per heavy atom. The molecule has 2 heterocycles. The van der Waals surface area contributed by atoms with E-state index in [2.05, 4.69) is 9.97 Å². The van der Waals surface area contributed by atoms with E-state index in [1.54, 1.807) is 13.0 Å². The van der Waals surface area contributed by atoms with Crippen LogP contribution in [0.3, 0.4) is 0 Å². The molecule has 0 unspecified atom stereocenters. The zero-order chi connectivity index (χ0) is 15.9. The van der Waals surface area contributed by atoms with Gasteiger partial charge in [-0.3, -0.25) is 9.59 Å². The number of halogens is 1. The number of fused-ring (bicyclic) bond motifs is 1. The standard InChI is InChI=1S/C15H12ClN3O2S/c1-7-11-14(21)18-10(6-8-3-2-4-9(16)5-8)19-15(11)22-12(7)13(17)20/h2-5H,6H2,1H3,(H2,17,20)(H,18,19,21). The molecule has 0 aliphatic heterocycles. The van der Waals surface area contributed by atoms with Crippen LogP contribution < -0.4 is 11.3 Å². The second-order valence-corrected chi connectivity index (χ2v) is 6.36. The molecule has 0 aliphatic carbocycles. The summed E-state index contributed by atoms with van der Waals surface area (Å²) in [6.45, 7) is 1.70. The highest BCUT2D eigenvalue weighted by Crippen LogP contribution is 2.26. The number of carbonyl (C=O) groups excluding carboxylic acids is 1. The number of rotatable bonds is 3. The molecular weight excluding hydrogens is 322 g/mol. The van der Waals surface area contributed by atoms with Gasteiger partial charge in [-0.05, 0) is 30.2 Å². The van der Waals surface area contributed by atoms with Crippen LogP contribution in [-0.4, -0.2) is 15.9 Å². The number of nitrogens with zero attached hydrogens (tertiary/aromatic N) is 1. The predicted octanol–water partition coefficient (Wildman–Crippen LogP) is 2.64. The molecule has 5 nitrogen and oxygen atoms in total. The molecule has 1 amide bonds. The van der Waals surface area contributed by atoms with Gasteiger partial charge in [0.05, 0.1) is 10.3 Å². The lowest BCUT2D eigenvalue weighted by atomic mass is 10.1. The molecule has 0 saturated carbocycles. The maximum atomic E-state index is 12.2. The van der Waals surface area contributed by atoms with E-state index in [4.69, 9.17) is 17.3 Å². The van der Waals surface area contributed by atoms with Crippen LogP contribution in [0, 0.1) is 6.92 Å². The fourth-order valence-corrected chi connectivity index (χ4v) is 3.61. The molecule has 3 rings (SSSR count). The molecule has 0 radical (unpaired) electrons. The molecule has 7 heteroatoms. The molecule has 0 fully saturated rings. The minimum Gasteiger partial charge on any atom is -0.365 e. The second kappa shape index (κ2) is 5.55. The van der Waals surface area contributed by atoms with Crippen molar-refractivity contribution in [2.24, 2.45) is 5.73 Å². The Labute approximate surface area is 134 Å². The first-order valence-electron chi connectivity index (χ1n) is 6.52. The summed E-state index contributed by atoms with van der Waals surface area (Å²) in [5.74, 6) is -0.0201. The highest BCUT2D eigenvalue weighted by atomic mass is 35.5. The van der Waals surface area contributed by atoms with Crippen LogP contribution in [-0.2, 0) is 6.42 Å². The number of aryl methyl sites for hydroxylation is 1. The van der Waals surface area contributed by atoms with E-state index in [1.807, 2.05) is 18.2 Å². The first-order valence-corrected chi connectivity index (χ1v) is 7.71. The van der Waals surface area contributed by atoms with Crippen LogP contribution in [0.25, 0.3) is 10.2 Å². The molecule has 2 aromatic heterocycles. The molecule has 112 valence electrons. The summed E-state index contributed by atoms with van der Waals surface area (Å²) in [6, 6.07) is 7.35. The quantitative estimate of drug-likeness (QED) is 0.772. The number of H-pyrrole nitrogens is 1. The molecule has 0 atom stereocenters. The normalized spacial score (nSPS) is 11.0. The summed E-state index contributed by atoms with van der Waals surface area (Å²) < 4.78 is 0. The minimum atomic E-state index is -0.545. The summed E-state index contributed by atoms with van der Waals surface area (Å²) in [6.07, 6.45) is 0.453. The third-order valence-electron chi connectivity index (χ3n) is 3.33. The average Bonchev–Trinajstić information content (AvgIpc) is 2.76. The Balaban J connectivity index is 2.09. The van der Waals surface area contributed by atoms with Crippen molar-refractivity contribution < 1.29 is 4.79 Å². The zero-order valence-electron chi connectivity index (χ0n) is 11.6. The molecule has 3 N–H and O–H groups in total. The smallest absolute Gasteiger partial charge is 0.259 e. The number of amides is 1. The van der Waals surface area contributed by atoms with Gasteiger partial charge in [-0.15, -0.1) is 11.3 Å². The van der Waals surface area contributed by atoms with Gasteiger partial charge in [-0.1, -0.05) is 23.7 Å². The third-order valence-corrected chi connectivity index (χ3v) is 4.77. The Morgan fingerprint density at radius 3 is 2.91 bits per heavy atom. The highest BCUT2D eigenvalue weighted by molar-refractivity contribution is 7.20. The second-order valence-electron chi connectivity index (χ2n) is 4.92. The molecule has 0 bridgehead atoms. The van der Waals surface area contributed by atoms with Crippen molar-refractivity contribution >= 4 is 39.1 Å². The number of hydrogen-bond acceptors (Lipinski definition) is 4. The van der Waals surface area contributed by atoms with Crippen LogP contribution in [0.1, 0.15) is 26.6 Å². The van der Waals surface area contributed by atoms with Crippen molar-refractivity contribution in [3.63, 3.8) is 0 Å². The van der Waals surface area contributed by atoms with Crippen molar-refractivity contribution in [1.29, 1.82) is 0 Å². The topological polar surface area (TPSA) is 88.8 Å². The fraction of sp³-hybridized carbons (Fsp3) is 0.133. The fourth-order valence-electron chi connectivity index (χ4n) is 2.35. The van der Waals surface area contributed by atoms with Crippen molar-refractivity contribution in [2.45, 2.75) is 13.3 Å². The Hall–Kier alpha value is -2.18. The Kier molecular flexibility index (Phi) is 3.72. The lowest BCUT2D eigenvalue weighted by molar-refractivity contribution is 0.100. The van der Waals surface area contributed by atoms with Crippen LogP contribution in [0.5, 0.6) is 0 Å². The van der Waals surface area contributed by atoms with E-state index in [0.717, 1.165) is 16.9 Å². The number of benzene rings is 1. The van der Waals surface area contributed by atoms with Crippen LogP contribution in [0.4, 0.5) is 0 Å². The van der Waals surface area contributed by atoms with Gasteiger partial charge in [0.25, 0.3) is 11.5 Å². The minimum absolute atomic E-state index is 0.261. The van der Waals surface area contributed by atoms with Gasteiger partial charge in [-0.2, -0.15) is 0 Å². The molecule has 22 heavy (non-hydrogen) atoms. The summed E-state index contributed by atoms with van der Waals surface area (Å²) >= 11 is 7.10. The summed E-state index contributed by atoms with van der Waals surface area (Å²) in [5, 5.41) is 1.05. The Bertz CT molecular complexity index is 946. The molecule has 1 aromatic carbocycles. The van der Waals surface area contributed by atoms with Gasteiger partial charge >= 0.3 is 0 Å². The Morgan fingerprint density at radius 2 is 2.23 bits per heavy atom. The number of primary amides is 1. The van der Waals surface area contributed by atoms with Gasteiger partial charge in [0.15, 0.2) is 0 Å². The number of aromatic nitrogens is 2. The largest absolute Gasteiger partial charge is 0.365 e. The van der Waals surface area contributed by atoms with Crippen LogP contribution in [0.2, 0.25) is 5.02 Å². The first-order chi connectivity index (χ1) is 10.5. The first kappa shape index (κ1) is 14.7. The van der Waals surface area contributed by atoms with E-state index in [0.29, 0.717) is 37.9 Å². The van der Waals surface area contributed by atoms with E-state index in [-0.39, 0.29) is 5.56 Å². The van der Waals surface area contributed by atoms with Crippen molar-refractivity contribution in [1.82, 2.24) is 9.97 Å². The molecular formula is C15H12ClN3O2S. The lowest BCUT2D eigenvalue weighted by Gasteiger charge is -2.02. The number of hydrogen-bond donors (Lipinski definition) is 2. The van der Waals surface area contributed by atoms with E-state index < -0.39 is 5.91 Å². The maximum absolute atomic E-state index is 12.2. The summed E-state index contributed by atoms with van der Waals surface area (Å²) in [5.41, 5.74) is 6.58. The average molecular weight is 334 g/mol. The third kappa shape index (κ3) is 2.63. The molecule has 0 saturated heterocycles. The van der Waals surface area contributed by atoms with Crippen molar-refractivity contribution in [3.05, 3.63) is 61.5 Å². The summed E-state index contributed by atoms with van der Waals surface area (Å²) in [7, 11) is 0.